The Morgan fingerprint density at radius 3 is 2.06 bits per heavy atom. The van der Waals surface area contributed by atoms with E-state index in [0.717, 1.165) is 30.3 Å². The zero-order chi connectivity index (χ0) is 26.7. The van der Waals surface area contributed by atoms with Crippen LogP contribution in [0, 0.1) is 0 Å². The predicted octanol–water partition coefficient (Wildman–Crippen LogP) is 8.12. The van der Waals surface area contributed by atoms with Gasteiger partial charge in [0.25, 0.3) is 5.91 Å². The molecule has 0 aliphatic rings. The first kappa shape index (κ1) is 29.0. The smallest absolute Gasteiger partial charge is 0.349 e. The molecule has 3 nitrogen and oxygen atoms in total. The number of amides is 1. The van der Waals surface area contributed by atoms with Gasteiger partial charge in [-0.05, 0) is 49.2 Å². The van der Waals surface area contributed by atoms with Crippen molar-refractivity contribution in [3.05, 3.63) is 73.7 Å². The number of nitrogens with one attached hydrogen (secondary N) is 1. The Balaban J connectivity index is 2.45. The normalized spacial score (nSPS) is 14.1. The highest BCUT2D eigenvalue weighted by atomic mass is 35.5. The Labute approximate surface area is 212 Å². The van der Waals surface area contributed by atoms with Crippen LogP contribution in [0.5, 0.6) is 0 Å². The summed E-state index contributed by atoms with van der Waals surface area (Å²) in [4.78, 5) is 23.5. The van der Waals surface area contributed by atoms with Gasteiger partial charge in [-0.3, -0.25) is 9.59 Å². The molecule has 2 aromatic carbocycles. The van der Waals surface area contributed by atoms with Crippen LogP contribution in [0.3, 0.4) is 0 Å². The number of Topliss-reactive ketones (excluding diaryl/α,β-unsaturated/α-hetero) is 1. The van der Waals surface area contributed by atoms with Gasteiger partial charge in [-0.2, -0.15) is 26.3 Å². The number of benzene rings is 2. The Kier molecular flexibility index (Phi) is 9.30. The second-order valence-electron chi connectivity index (χ2n) is 7.76. The summed E-state index contributed by atoms with van der Waals surface area (Å²) in [6.07, 6.45) is -8.37. The maximum atomic E-state index is 13.7. The molecule has 1 amide bonds. The molecule has 0 fully saturated rings. The first-order valence-electron chi connectivity index (χ1n) is 9.91. The van der Waals surface area contributed by atoms with Gasteiger partial charge in [-0.15, -0.1) is 0 Å². The van der Waals surface area contributed by atoms with Crippen LogP contribution >= 0.6 is 34.8 Å². The van der Waals surface area contributed by atoms with Crippen LogP contribution in [0.15, 0.2) is 36.4 Å². The molecule has 12 heteroatoms. The standard InChI is InChI=1S/C23H18Cl3F6NO2/c1-11(7-12(2)34)33-21(35)15-5-3-13(8-17(15)23(30,31)32)4-6-16(22(27,28)29)14-9-18(24)20(26)19(25)10-14/h3-6,8-11,16H,7H2,1-2H3,(H,33,35)/b6-4+/t11-,16?/m1/s1. The van der Waals surface area contributed by atoms with Crippen LogP contribution in [-0.4, -0.2) is 23.9 Å². The molecule has 1 N–H and O–H groups in total. The van der Waals surface area contributed by atoms with Crippen molar-refractivity contribution in [2.45, 2.75) is 44.6 Å². The number of ketones is 1. The van der Waals surface area contributed by atoms with Crippen LogP contribution in [0.1, 0.15) is 53.2 Å². The van der Waals surface area contributed by atoms with Gasteiger partial charge in [0.1, 0.15) is 5.78 Å². The molecule has 35 heavy (non-hydrogen) atoms. The highest BCUT2D eigenvalue weighted by Gasteiger charge is 2.40. The third-order valence-corrected chi connectivity index (χ3v) is 5.96. The highest BCUT2D eigenvalue weighted by molar-refractivity contribution is 6.48. The molecule has 2 rings (SSSR count). The molecular formula is C23H18Cl3F6NO2. The number of allylic oxidation sites excluding steroid dienone is 1. The minimum absolute atomic E-state index is 0.0779. The summed E-state index contributed by atoms with van der Waals surface area (Å²) in [5, 5.41) is 1.73. The van der Waals surface area contributed by atoms with Crippen molar-refractivity contribution in [2.75, 3.05) is 0 Å². The lowest BCUT2D eigenvalue weighted by Crippen LogP contribution is -2.35. The van der Waals surface area contributed by atoms with Crippen molar-refractivity contribution in [3.8, 4) is 0 Å². The highest BCUT2D eigenvalue weighted by Crippen LogP contribution is 2.41. The summed E-state index contributed by atoms with van der Waals surface area (Å²) in [5.41, 5.74) is -2.66. The Morgan fingerprint density at radius 1 is 1.00 bits per heavy atom. The van der Waals surface area contributed by atoms with Crippen molar-refractivity contribution in [2.24, 2.45) is 0 Å². The van der Waals surface area contributed by atoms with Gasteiger partial charge in [0.15, 0.2) is 0 Å². The second-order valence-corrected chi connectivity index (χ2v) is 8.95. The van der Waals surface area contributed by atoms with Crippen molar-refractivity contribution < 1.29 is 35.9 Å². The first-order chi connectivity index (χ1) is 16.0. The summed E-state index contributed by atoms with van der Waals surface area (Å²) in [7, 11) is 0. The van der Waals surface area contributed by atoms with E-state index in [1.165, 1.54) is 13.8 Å². The molecule has 0 aliphatic heterocycles. The zero-order valence-electron chi connectivity index (χ0n) is 18.1. The third kappa shape index (κ3) is 7.88. The molecule has 2 aromatic rings. The molecule has 190 valence electrons. The predicted molar refractivity (Wildman–Crippen MR) is 123 cm³/mol. The lowest BCUT2D eigenvalue weighted by molar-refractivity contribution is -0.139. The minimum Gasteiger partial charge on any atom is -0.349 e. The number of hydrogen-bond donors (Lipinski definition) is 1. The summed E-state index contributed by atoms with van der Waals surface area (Å²) in [5.74, 6) is -3.59. The van der Waals surface area contributed by atoms with Gasteiger partial charge >= 0.3 is 12.4 Å². The van der Waals surface area contributed by atoms with E-state index in [9.17, 15) is 35.9 Å². The van der Waals surface area contributed by atoms with Crippen LogP contribution in [-0.2, 0) is 11.0 Å². The topological polar surface area (TPSA) is 46.2 Å². The minimum atomic E-state index is -4.97. The monoisotopic (exact) mass is 559 g/mol. The van der Waals surface area contributed by atoms with Crippen molar-refractivity contribution >= 4 is 52.6 Å². The average molecular weight is 561 g/mol. The lowest BCUT2D eigenvalue weighted by atomic mass is 9.96. The van der Waals surface area contributed by atoms with Crippen LogP contribution in [0.25, 0.3) is 6.08 Å². The Bertz CT molecular complexity index is 1120. The fourth-order valence-corrected chi connectivity index (χ4v) is 3.87. The molecule has 1 unspecified atom stereocenters. The first-order valence-corrected chi connectivity index (χ1v) is 11.0. The van der Waals surface area contributed by atoms with Gasteiger partial charge in [0.2, 0.25) is 0 Å². The molecule has 0 radical (unpaired) electrons. The van der Waals surface area contributed by atoms with Gasteiger partial charge in [0.05, 0.1) is 32.1 Å². The molecule has 0 heterocycles. The quantitative estimate of drug-likeness (QED) is 0.275. The van der Waals surface area contributed by atoms with Crippen molar-refractivity contribution in [1.82, 2.24) is 5.32 Å². The van der Waals surface area contributed by atoms with Gasteiger partial charge in [-0.25, -0.2) is 0 Å². The molecule has 0 aliphatic carbocycles. The number of rotatable bonds is 7. The molecule has 0 bridgehead atoms. The van der Waals surface area contributed by atoms with Crippen LogP contribution in [0.2, 0.25) is 15.1 Å². The fraction of sp³-hybridized carbons (Fsp3) is 0.304. The van der Waals surface area contributed by atoms with E-state index in [0.29, 0.717) is 12.1 Å². The van der Waals surface area contributed by atoms with Crippen molar-refractivity contribution in [1.29, 1.82) is 0 Å². The molecule has 0 saturated heterocycles. The van der Waals surface area contributed by atoms with E-state index in [-0.39, 0.29) is 38.4 Å². The molecule has 2 atom stereocenters. The second kappa shape index (κ2) is 11.2. The molecule has 0 saturated carbocycles. The number of halogens is 9. The lowest BCUT2D eigenvalue weighted by Gasteiger charge is -2.19. The van der Waals surface area contributed by atoms with Crippen molar-refractivity contribution in [3.63, 3.8) is 0 Å². The Morgan fingerprint density at radius 2 is 1.57 bits per heavy atom. The summed E-state index contributed by atoms with van der Waals surface area (Å²) >= 11 is 17.4. The summed E-state index contributed by atoms with van der Waals surface area (Å²) < 4.78 is 82.0. The maximum absolute atomic E-state index is 13.7. The third-order valence-electron chi connectivity index (χ3n) is 4.76. The summed E-state index contributed by atoms with van der Waals surface area (Å²) in [6, 6.07) is 3.72. The SMILES string of the molecule is CC(=O)C[C@@H](C)NC(=O)c1ccc(/C=C/C(c2cc(Cl)c(Cl)c(Cl)c2)C(F)(F)F)cc1C(F)(F)F. The van der Waals surface area contributed by atoms with Gasteiger partial charge < -0.3 is 5.32 Å². The van der Waals surface area contributed by atoms with E-state index in [2.05, 4.69) is 5.32 Å². The van der Waals surface area contributed by atoms with E-state index < -0.39 is 41.3 Å². The van der Waals surface area contributed by atoms with Crippen LogP contribution < -0.4 is 5.32 Å². The van der Waals surface area contributed by atoms with E-state index in [4.69, 9.17) is 34.8 Å². The number of carbonyl (C=O) groups is 2. The van der Waals surface area contributed by atoms with E-state index in [1.54, 1.807) is 0 Å². The zero-order valence-corrected chi connectivity index (χ0v) is 20.4. The average Bonchev–Trinajstić information content (AvgIpc) is 2.69. The van der Waals surface area contributed by atoms with E-state index in [1.807, 2.05) is 0 Å². The van der Waals surface area contributed by atoms with Gasteiger partial charge in [0, 0.05) is 12.5 Å². The number of alkyl halides is 6. The largest absolute Gasteiger partial charge is 0.417 e. The van der Waals surface area contributed by atoms with E-state index >= 15 is 0 Å². The molecular weight excluding hydrogens is 543 g/mol. The van der Waals surface area contributed by atoms with Crippen LogP contribution in [0.4, 0.5) is 26.3 Å². The molecule has 0 aromatic heterocycles. The fourth-order valence-electron chi connectivity index (χ4n) is 3.25. The summed E-state index contributed by atoms with van der Waals surface area (Å²) in [6.45, 7) is 2.72. The molecule has 0 spiro atoms. The maximum Gasteiger partial charge on any atom is 0.417 e. The Hall–Kier alpha value is -2.23. The number of hydrogen-bond acceptors (Lipinski definition) is 2. The number of carbonyl (C=O) groups excluding carboxylic acids is 2. The van der Waals surface area contributed by atoms with Gasteiger partial charge in [-0.1, -0.05) is 53.0 Å².